The normalized spacial score (nSPS) is 11.6. The Balaban J connectivity index is 1.28. The lowest BCUT2D eigenvalue weighted by molar-refractivity contribution is 0.670. The van der Waals surface area contributed by atoms with Crippen LogP contribution in [0, 0.1) is 0 Å². The molecule has 0 spiro atoms. The van der Waals surface area contributed by atoms with Gasteiger partial charge in [0.15, 0.2) is 0 Å². The number of furan rings is 1. The highest BCUT2D eigenvalue weighted by molar-refractivity contribution is 6.19. The summed E-state index contributed by atoms with van der Waals surface area (Å²) in [5.74, 6) is 0. The number of rotatable bonds is 5. The van der Waals surface area contributed by atoms with Gasteiger partial charge in [-0.3, -0.25) is 0 Å². The Bertz CT molecular complexity index is 2770. The van der Waals surface area contributed by atoms with Gasteiger partial charge in [0.05, 0.1) is 11.0 Å². The van der Waals surface area contributed by atoms with Crippen molar-refractivity contribution in [2.45, 2.75) is 0 Å². The molecule has 0 aliphatic carbocycles. The Morgan fingerprint density at radius 2 is 0.840 bits per heavy atom. The summed E-state index contributed by atoms with van der Waals surface area (Å²) in [4.78, 5) is 0. The van der Waals surface area contributed by atoms with Gasteiger partial charge in [0, 0.05) is 38.9 Å². The minimum Gasteiger partial charge on any atom is -0.455 e. The fourth-order valence-corrected chi connectivity index (χ4v) is 7.58. The van der Waals surface area contributed by atoms with Crippen molar-refractivity contribution in [3.05, 3.63) is 188 Å². The molecule has 0 fully saturated rings. The number of benzene rings is 8. The fourth-order valence-electron chi connectivity index (χ4n) is 7.58. The van der Waals surface area contributed by atoms with Crippen molar-refractivity contribution >= 4 is 43.7 Å². The van der Waals surface area contributed by atoms with Gasteiger partial charge >= 0.3 is 0 Å². The predicted molar refractivity (Wildman–Crippen MR) is 210 cm³/mol. The van der Waals surface area contributed by atoms with E-state index in [9.17, 15) is 0 Å². The first-order chi connectivity index (χ1) is 24.8. The first-order valence-electron chi connectivity index (χ1n) is 17.1. The minimum atomic E-state index is 0.876. The molecule has 10 aromatic rings. The summed E-state index contributed by atoms with van der Waals surface area (Å²) < 4.78 is 9.30. The molecule has 234 valence electrons. The highest BCUT2D eigenvalue weighted by atomic mass is 16.3. The van der Waals surface area contributed by atoms with Crippen LogP contribution >= 0.6 is 0 Å². The Kier molecular flexibility index (Phi) is 6.53. The molecule has 8 aromatic carbocycles. The summed E-state index contributed by atoms with van der Waals surface area (Å²) in [5, 5.41) is 4.66. The van der Waals surface area contributed by atoms with Crippen LogP contribution in [0.4, 0.5) is 0 Å². The van der Waals surface area contributed by atoms with Gasteiger partial charge in [-0.15, -0.1) is 0 Å². The zero-order valence-corrected chi connectivity index (χ0v) is 27.3. The highest BCUT2D eigenvalue weighted by Gasteiger charge is 2.20. The summed E-state index contributed by atoms with van der Waals surface area (Å²) in [6, 6.07) is 67.4. The lowest BCUT2D eigenvalue weighted by Crippen LogP contribution is -1.96. The maximum Gasteiger partial charge on any atom is 0.143 e. The average molecular weight is 638 g/mol. The number of fused-ring (bicyclic) bond motifs is 6. The van der Waals surface area contributed by atoms with E-state index >= 15 is 0 Å². The van der Waals surface area contributed by atoms with Crippen molar-refractivity contribution in [3.8, 4) is 50.2 Å². The molecule has 0 N–H and O–H groups in total. The molecule has 0 radical (unpaired) electrons. The van der Waals surface area contributed by atoms with Crippen LogP contribution in [0.1, 0.15) is 0 Å². The van der Waals surface area contributed by atoms with E-state index in [1.165, 1.54) is 49.7 Å². The maximum absolute atomic E-state index is 6.90. The van der Waals surface area contributed by atoms with Crippen LogP contribution in [0.5, 0.6) is 0 Å². The zero-order chi connectivity index (χ0) is 33.0. The van der Waals surface area contributed by atoms with Gasteiger partial charge in [0.2, 0.25) is 0 Å². The van der Waals surface area contributed by atoms with Crippen LogP contribution < -0.4 is 0 Å². The second-order valence-electron chi connectivity index (χ2n) is 13.0. The Morgan fingerprint density at radius 3 is 1.44 bits per heavy atom. The van der Waals surface area contributed by atoms with E-state index in [0.29, 0.717) is 0 Å². The molecule has 0 saturated carbocycles. The Morgan fingerprint density at radius 1 is 0.320 bits per heavy atom. The molecule has 0 aliphatic heterocycles. The van der Waals surface area contributed by atoms with Crippen molar-refractivity contribution in [3.63, 3.8) is 0 Å². The topological polar surface area (TPSA) is 18.1 Å². The third kappa shape index (κ3) is 4.65. The van der Waals surface area contributed by atoms with E-state index in [4.69, 9.17) is 4.42 Å². The first kappa shape index (κ1) is 28.4. The van der Waals surface area contributed by atoms with E-state index in [0.717, 1.165) is 44.3 Å². The third-order valence-corrected chi connectivity index (χ3v) is 9.95. The molecule has 2 aromatic heterocycles. The van der Waals surface area contributed by atoms with Crippen molar-refractivity contribution in [2.24, 2.45) is 0 Å². The monoisotopic (exact) mass is 637 g/mol. The molecule has 0 bridgehead atoms. The van der Waals surface area contributed by atoms with Gasteiger partial charge in [-0.25, -0.2) is 0 Å². The van der Waals surface area contributed by atoms with Crippen molar-refractivity contribution in [1.82, 2.24) is 4.57 Å². The molecule has 0 aliphatic rings. The van der Waals surface area contributed by atoms with Crippen molar-refractivity contribution in [2.75, 3.05) is 0 Å². The minimum absolute atomic E-state index is 0.876. The number of hydrogen-bond acceptors (Lipinski definition) is 1. The average Bonchev–Trinajstić information content (AvgIpc) is 3.72. The molecule has 2 heteroatoms. The number of aromatic nitrogens is 1. The third-order valence-electron chi connectivity index (χ3n) is 9.95. The standard InChI is InChI=1S/C48H31NO/c1-5-15-32(16-6-1)36-25-37(33-17-7-2-8-18-33)27-39(26-36)49-45-24-14-13-23-40(45)42-30-43-44-29-38(34-19-9-3-10-20-34)28-41(35-21-11-4-12-22-35)48(44)50-47(43)31-46(42)49/h1-31H. The van der Waals surface area contributed by atoms with Crippen LogP contribution in [0.2, 0.25) is 0 Å². The lowest BCUT2D eigenvalue weighted by atomic mass is 9.95. The van der Waals surface area contributed by atoms with E-state index in [2.05, 4.69) is 193 Å². The van der Waals surface area contributed by atoms with E-state index in [-0.39, 0.29) is 0 Å². The summed E-state index contributed by atoms with van der Waals surface area (Å²) in [7, 11) is 0. The van der Waals surface area contributed by atoms with Crippen LogP contribution in [-0.2, 0) is 0 Å². The summed E-state index contributed by atoms with van der Waals surface area (Å²) in [6.45, 7) is 0. The van der Waals surface area contributed by atoms with Gasteiger partial charge in [-0.1, -0.05) is 140 Å². The lowest BCUT2D eigenvalue weighted by Gasteiger charge is -2.14. The number of para-hydroxylation sites is 1. The van der Waals surface area contributed by atoms with E-state index in [1.54, 1.807) is 0 Å². The molecule has 2 nitrogen and oxygen atoms in total. The summed E-state index contributed by atoms with van der Waals surface area (Å²) in [5.41, 5.74) is 14.5. The molecule has 2 heterocycles. The van der Waals surface area contributed by atoms with Gasteiger partial charge in [0.25, 0.3) is 0 Å². The zero-order valence-electron chi connectivity index (χ0n) is 27.3. The van der Waals surface area contributed by atoms with Crippen molar-refractivity contribution in [1.29, 1.82) is 0 Å². The van der Waals surface area contributed by atoms with Crippen LogP contribution in [0.3, 0.4) is 0 Å². The first-order valence-corrected chi connectivity index (χ1v) is 17.1. The largest absolute Gasteiger partial charge is 0.455 e. The van der Waals surface area contributed by atoms with Gasteiger partial charge < -0.3 is 8.98 Å². The van der Waals surface area contributed by atoms with E-state index < -0.39 is 0 Å². The maximum atomic E-state index is 6.90. The molecule has 0 unspecified atom stereocenters. The van der Waals surface area contributed by atoms with Crippen LogP contribution in [-0.4, -0.2) is 4.57 Å². The predicted octanol–water partition coefficient (Wildman–Crippen LogP) is 13.4. The smallest absolute Gasteiger partial charge is 0.143 e. The summed E-state index contributed by atoms with van der Waals surface area (Å²) in [6.07, 6.45) is 0. The molecular formula is C48H31NO. The second-order valence-corrected chi connectivity index (χ2v) is 13.0. The quantitative estimate of drug-likeness (QED) is 0.184. The molecule has 50 heavy (non-hydrogen) atoms. The molecule has 10 rings (SSSR count). The van der Waals surface area contributed by atoms with Crippen LogP contribution in [0.25, 0.3) is 93.9 Å². The van der Waals surface area contributed by atoms with Gasteiger partial charge in [-0.05, 0) is 81.4 Å². The SMILES string of the molecule is c1ccc(-c2cc(-c3ccccc3)cc(-n3c4ccccc4c4cc5c(cc43)oc3c(-c4ccccc4)cc(-c4ccccc4)cc35)c2)cc1. The van der Waals surface area contributed by atoms with E-state index in [1.807, 2.05) is 0 Å². The summed E-state index contributed by atoms with van der Waals surface area (Å²) >= 11 is 0. The molecular weight excluding hydrogens is 607 g/mol. The Hall–Kier alpha value is -6.64. The van der Waals surface area contributed by atoms with Gasteiger partial charge in [0.1, 0.15) is 11.2 Å². The Labute approximate surface area is 290 Å². The molecule has 0 amide bonds. The van der Waals surface area contributed by atoms with Gasteiger partial charge in [-0.2, -0.15) is 0 Å². The molecule has 0 saturated heterocycles. The van der Waals surface area contributed by atoms with Crippen LogP contribution in [0.15, 0.2) is 192 Å². The molecule has 0 atom stereocenters. The number of hydrogen-bond donors (Lipinski definition) is 0. The fraction of sp³-hybridized carbons (Fsp3) is 0. The van der Waals surface area contributed by atoms with Crippen molar-refractivity contribution < 1.29 is 4.42 Å². The second kappa shape index (κ2) is 11.5. The highest BCUT2D eigenvalue weighted by Crippen LogP contribution is 2.43. The number of nitrogens with zero attached hydrogens (tertiary/aromatic N) is 1.